The van der Waals surface area contributed by atoms with Gasteiger partial charge in [-0.1, -0.05) is 12.1 Å². The van der Waals surface area contributed by atoms with Gasteiger partial charge in [0.15, 0.2) is 0 Å². The highest BCUT2D eigenvalue weighted by Crippen LogP contribution is 2.21. The summed E-state index contributed by atoms with van der Waals surface area (Å²) >= 11 is 0. The van der Waals surface area contributed by atoms with Gasteiger partial charge >= 0.3 is 6.09 Å². The van der Waals surface area contributed by atoms with Crippen molar-refractivity contribution in [2.45, 2.75) is 39.3 Å². The lowest BCUT2D eigenvalue weighted by Gasteiger charge is -2.23. The van der Waals surface area contributed by atoms with Gasteiger partial charge in [-0.15, -0.1) is 0 Å². The number of carbonyl (C=O) groups excluding carboxylic acids is 1. The first-order valence-electron chi connectivity index (χ1n) is 6.13. The highest BCUT2D eigenvalue weighted by Gasteiger charge is 2.20. The molecule has 5 nitrogen and oxygen atoms in total. The molecule has 0 heterocycles. The molecule has 3 N–H and O–H groups in total. The third-order valence-corrected chi connectivity index (χ3v) is 2.50. The molecule has 19 heavy (non-hydrogen) atoms. The zero-order valence-corrected chi connectivity index (χ0v) is 11.7. The van der Waals surface area contributed by atoms with Crippen LogP contribution in [0.2, 0.25) is 0 Å². The third-order valence-electron chi connectivity index (χ3n) is 2.50. The summed E-state index contributed by atoms with van der Waals surface area (Å²) < 4.78 is 5.13. The Morgan fingerprint density at radius 3 is 2.53 bits per heavy atom. The zero-order valence-electron chi connectivity index (χ0n) is 11.7. The van der Waals surface area contributed by atoms with Crippen LogP contribution >= 0.6 is 0 Å². The fraction of sp³-hybridized carbons (Fsp3) is 0.500. The molecule has 0 saturated heterocycles. The molecule has 1 aromatic carbocycles. The molecule has 1 amide bonds. The second-order valence-corrected chi connectivity index (χ2v) is 5.43. The number of rotatable bonds is 3. The molecule has 0 aliphatic rings. The Balaban J connectivity index is 2.78. The minimum absolute atomic E-state index is 0.178. The van der Waals surface area contributed by atoms with Crippen LogP contribution in [0.4, 0.5) is 4.79 Å². The Morgan fingerprint density at radius 1 is 1.42 bits per heavy atom. The number of hydrogen-bond acceptors (Lipinski definition) is 4. The van der Waals surface area contributed by atoms with Crippen molar-refractivity contribution in [1.29, 1.82) is 0 Å². The van der Waals surface area contributed by atoms with E-state index in [2.05, 4.69) is 5.32 Å². The van der Waals surface area contributed by atoms with Crippen molar-refractivity contribution in [3.63, 3.8) is 0 Å². The molecule has 106 valence electrons. The smallest absolute Gasteiger partial charge is 0.408 e. The molecule has 0 fully saturated rings. The molecule has 0 bridgehead atoms. The van der Waals surface area contributed by atoms with Crippen LogP contribution < -0.4 is 5.32 Å². The van der Waals surface area contributed by atoms with E-state index in [0.717, 1.165) is 0 Å². The second kappa shape index (κ2) is 5.93. The maximum atomic E-state index is 11.7. The van der Waals surface area contributed by atoms with Crippen LogP contribution in [0.3, 0.4) is 0 Å². The Morgan fingerprint density at radius 2 is 2.05 bits per heavy atom. The molecule has 0 spiro atoms. The molecule has 0 saturated carbocycles. The number of aliphatic hydroxyl groups excluding tert-OH is 1. The standard InChI is InChI=1S/C14H21NO4/c1-9-7-10(5-6-12(9)17)11(8-16)15-13(18)19-14(2,3)4/h5-7,11,16-17H,8H2,1-4H3,(H,15,18)/t11-/m1/s1. The van der Waals surface area contributed by atoms with E-state index in [1.807, 2.05) is 0 Å². The minimum Gasteiger partial charge on any atom is -0.508 e. The second-order valence-electron chi connectivity index (χ2n) is 5.43. The van der Waals surface area contributed by atoms with Crippen molar-refractivity contribution in [2.75, 3.05) is 6.61 Å². The van der Waals surface area contributed by atoms with E-state index in [9.17, 15) is 15.0 Å². The van der Waals surface area contributed by atoms with Crippen LogP contribution in [0.1, 0.15) is 37.9 Å². The van der Waals surface area contributed by atoms with E-state index in [1.54, 1.807) is 39.8 Å². The number of ether oxygens (including phenoxy) is 1. The first kappa shape index (κ1) is 15.3. The third kappa shape index (κ3) is 4.79. The maximum absolute atomic E-state index is 11.7. The van der Waals surface area contributed by atoms with Crippen molar-refractivity contribution in [1.82, 2.24) is 5.32 Å². The van der Waals surface area contributed by atoms with Gasteiger partial charge in [0, 0.05) is 0 Å². The van der Waals surface area contributed by atoms with E-state index in [1.165, 1.54) is 6.07 Å². The Kier molecular flexibility index (Phi) is 4.78. The first-order chi connectivity index (χ1) is 8.73. The number of alkyl carbamates (subject to hydrolysis) is 1. The van der Waals surface area contributed by atoms with E-state index in [-0.39, 0.29) is 12.4 Å². The van der Waals surface area contributed by atoms with Crippen molar-refractivity contribution in [3.8, 4) is 5.75 Å². The number of amides is 1. The summed E-state index contributed by atoms with van der Waals surface area (Å²) in [5.74, 6) is 0.178. The van der Waals surface area contributed by atoms with E-state index in [4.69, 9.17) is 4.74 Å². The predicted molar refractivity (Wildman–Crippen MR) is 72.0 cm³/mol. The first-order valence-corrected chi connectivity index (χ1v) is 6.13. The highest BCUT2D eigenvalue weighted by atomic mass is 16.6. The van der Waals surface area contributed by atoms with Gasteiger partial charge in [0.25, 0.3) is 0 Å². The topological polar surface area (TPSA) is 78.8 Å². The number of phenolic OH excluding ortho intramolecular Hbond substituents is 1. The largest absolute Gasteiger partial charge is 0.508 e. The summed E-state index contributed by atoms with van der Waals surface area (Å²) in [6.07, 6.45) is -0.586. The van der Waals surface area contributed by atoms with Gasteiger partial charge in [0.1, 0.15) is 11.4 Å². The molecule has 1 aromatic rings. The van der Waals surface area contributed by atoms with E-state index < -0.39 is 17.7 Å². The van der Waals surface area contributed by atoms with Gasteiger partial charge in [0.2, 0.25) is 0 Å². The lowest BCUT2D eigenvalue weighted by atomic mass is 10.0. The minimum atomic E-state index is -0.588. The number of benzene rings is 1. The normalized spacial score (nSPS) is 12.9. The zero-order chi connectivity index (χ0) is 14.6. The average molecular weight is 267 g/mol. The van der Waals surface area contributed by atoms with Crippen molar-refractivity contribution in [3.05, 3.63) is 29.3 Å². The van der Waals surface area contributed by atoms with Crippen LogP contribution in [0.15, 0.2) is 18.2 Å². The number of aryl methyl sites for hydroxylation is 1. The number of carbonyl (C=O) groups is 1. The summed E-state index contributed by atoms with van der Waals surface area (Å²) in [6.45, 7) is 6.81. The number of nitrogens with one attached hydrogen (secondary N) is 1. The highest BCUT2D eigenvalue weighted by molar-refractivity contribution is 5.68. The van der Waals surface area contributed by atoms with E-state index >= 15 is 0 Å². The lowest BCUT2D eigenvalue weighted by Crippen LogP contribution is -2.36. The molecule has 1 rings (SSSR count). The Hall–Kier alpha value is -1.75. The number of hydrogen-bond donors (Lipinski definition) is 3. The summed E-state index contributed by atoms with van der Waals surface area (Å²) in [4.78, 5) is 11.7. The lowest BCUT2D eigenvalue weighted by molar-refractivity contribution is 0.0482. The van der Waals surface area contributed by atoms with Gasteiger partial charge in [-0.05, 0) is 44.9 Å². The van der Waals surface area contributed by atoms with Gasteiger partial charge in [0.05, 0.1) is 12.6 Å². The fourth-order valence-electron chi connectivity index (χ4n) is 1.58. The Labute approximate surface area is 113 Å². The molecular weight excluding hydrogens is 246 g/mol. The van der Waals surface area contributed by atoms with Gasteiger partial charge in [-0.25, -0.2) is 4.79 Å². The summed E-state index contributed by atoms with van der Waals surface area (Å²) in [7, 11) is 0. The molecule has 0 unspecified atom stereocenters. The van der Waals surface area contributed by atoms with Crippen LogP contribution in [0.5, 0.6) is 5.75 Å². The number of phenols is 1. The molecule has 0 radical (unpaired) electrons. The van der Waals surface area contributed by atoms with E-state index in [0.29, 0.717) is 11.1 Å². The Bertz CT molecular complexity index is 451. The summed E-state index contributed by atoms with van der Waals surface area (Å²) in [5.41, 5.74) is 0.806. The predicted octanol–water partition coefficient (Wildman–Crippen LogP) is 2.26. The van der Waals surface area contributed by atoms with Crippen LogP contribution in [-0.4, -0.2) is 28.5 Å². The fourth-order valence-corrected chi connectivity index (χ4v) is 1.58. The summed E-state index contributed by atoms with van der Waals surface area (Å²) in [5, 5.41) is 21.4. The quantitative estimate of drug-likeness (QED) is 0.785. The van der Waals surface area contributed by atoms with Gasteiger partial charge in [-0.3, -0.25) is 0 Å². The number of aliphatic hydroxyl groups is 1. The molecule has 0 aromatic heterocycles. The molecular formula is C14H21NO4. The maximum Gasteiger partial charge on any atom is 0.408 e. The van der Waals surface area contributed by atoms with Gasteiger partial charge < -0.3 is 20.3 Å². The SMILES string of the molecule is Cc1cc([C@@H](CO)NC(=O)OC(C)(C)C)ccc1O. The van der Waals surface area contributed by atoms with Crippen LogP contribution in [-0.2, 0) is 4.74 Å². The van der Waals surface area contributed by atoms with Crippen molar-refractivity contribution < 1.29 is 19.7 Å². The van der Waals surface area contributed by atoms with Crippen molar-refractivity contribution in [2.24, 2.45) is 0 Å². The van der Waals surface area contributed by atoms with Gasteiger partial charge in [-0.2, -0.15) is 0 Å². The monoisotopic (exact) mass is 267 g/mol. The molecule has 1 atom stereocenters. The molecule has 0 aliphatic heterocycles. The molecule has 5 heteroatoms. The average Bonchev–Trinajstić information content (AvgIpc) is 2.27. The van der Waals surface area contributed by atoms with Crippen molar-refractivity contribution >= 4 is 6.09 Å². The summed E-state index contributed by atoms with van der Waals surface area (Å²) in [6, 6.07) is 4.34. The number of aromatic hydroxyl groups is 1. The molecule has 0 aliphatic carbocycles. The van der Waals surface area contributed by atoms with Crippen LogP contribution in [0.25, 0.3) is 0 Å². The van der Waals surface area contributed by atoms with Crippen LogP contribution in [0, 0.1) is 6.92 Å².